The third kappa shape index (κ3) is 3.63. The Bertz CT molecular complexity index is 459. The predicted molar refractivity (Wildman–Crippen MR) is 76.8 cm³/mol. The van der Waals surface area contributed by atoms with Crippen LogP contribution in [0.5, 0.6) is 0 Å². The average Bonchev–Trinajstić information content (AvgIpc) is 2.25. The van der Waals surface area contributed by atoms with Crippen molar-refractivity contribution in [2.24, 2.45) is 0 Å². The van der Waals surface area contributed by atoms with Crippen LogP contribution < -0.4 is 5.32 Å². The molecule has 1 aromatic heterocycles. The molecule has 0 aliphatic heterocycles. The lowest BCUT2D eigenvalue weighted by Gasteiger charge is -2.23. The number of nitrogens with one attached hydrogen (secondary N) is 1. The molecule has 0 fully saturated rings. The van der Waals surface area contributed by atoms with Gasteiger partial charge >= 0.3 is 5.97 Å². The van der Waals surface area contributed by atoms with E-state index in [1.165, 1.54) is 0 Å². The molecule has 2 N–H and O–H groups in total. The number of thioether (sulfide) groups is 1. The molecule has 0 aromatic carbocycles. The van der Waals surface area contributed by atoms with Gasteiger partial charge in [0.1, 0.15) is 11.4 Å². The van der Waals surface area contributed by atoms with Crippen LogP contribution in [0.25, 0.3) is 0 Å². The van der Waals surface area contributed by atoms with E-state index in [0.717, 1.165) is 11.3 Å². The van der Waals surface area contributed by atoms with E-state index >= 15 is 0 Å². The average molecular weight is 268 g/mol. The van der Waals surface area contributed by atoms with Crippen LogP contribution >= 0.6 is 11.8 Å². The summed E-state index contributed by atoms with van der Waals surface area (Å²) in [6.45, 7) is 8.54. The fourth-order valence-corrected chi connectivity index (χ4v) is 1.82. The van der Waals surface area contributed by atoms with Crippen LogP contribution in [0.4, 0.5) is 5.82 Å². The van der Waals surface area contributed by atoms with Crippen molar-refractivity contribution < 1.29 is 9.90 Å². The van der Waals surface area contributed by atoms with Crippen molar-refractivity contribution in [1.29, 1.82) is 0 Å². The highest BCUT2D eigenvalue weighted by Crippen LogP contribution is 2.24. The summed E-state index contributed by atoms with van der Waals surface area (Å²) in [4.78, 5) is 15.6. The number of carboxylic acid groups (broad SMARTS) is 1. The minimum Gasteiger partial charge on any atom is -0.478 e. The van der Waals surface area contributed by atoms with Gasteiger partial charge in [-0.05, 0) is 45.6 Å². The molecule has 1 heterocycles. The number of nitrogens with zero attached hydrogens (tertiary/aromatic N) is 1. The lowest BCUT2D eigenvalue weighted by Crippen LogP contribution is -2.27. The van der Waals surface area contributed by atoms with E-state index in [2.05, 4.69) is 24.1 Å². The van der Waals surface area contributed by atoms with Gasteiger partial charge in [-0.1, -0.05) is 0 Å². The molecule has 0 saturated heterocycles. The van der Waals surface area contributed by atoms with Crippen molar-refractivity contribution in [1.82, 2.24) is 4.98 Å². The van der Waals surface area contributed by atoms with Crippen LogP contribution in [0.1, 0.15) is 35.5 Å². The van der Waals surface area contributed by atoms with Gasteiger partial charge in [-0.25, -0.2) is 9.78 Å². The van der Waals surface area contributed by atoms with Crippen LogP contribution in [-0.2, 0) is 0 Å². The summed E-state index contributed by atoms with van der Waals surface area (Å²) in [5.74, 6) is -0.480. The maximum absolute atomic E-state index is 11.3. The molecule has 5 heteroatoms. The predicted octanol–water partition coefficient (Wildman–Crippen LogP) is 2.95. The fraction of sp³-hybridized carbons (Fsp3) is 0.538. The SMILES string of the molecule is CSC(C)(C)CNc1nc(C)cc(C)c1C(=O)O. The van der Waals surface area contributed by atoms with Gasteiger partial charge in [0.25, 0.3) is 0 Å². The molecular weight excluding hydrogens is 248 g/mol. The quantitative estimate of drug-likeness (QED) is 0.859. The first kappa shape index (κ1) is 14.8. The minimum atomic E-state index is -0.940. The van der Waals surface area contributed by atoms with E-state index in [0.29, 0.717) is 12.4 Å². The highest BCUT2D eigenvalue weighted by molar-refractivity contribution is 7.99. The second-order valence-corrected chi connectivity index (χ2v) is 6.44. The second-order valence-electron chi connectivity index (χ2n) is 4.93. The lowest BCUT2D eigenvalue weighted by atomic mass is 10.1. The first-order chi connectivity index (χ1) is 8.26. The number of aromatic nitrogens is 1. The molecule has 0 amide bonds. The zero-order valence-corrected chi connectivity index (χ0v) is 12.3. The van der Waals surface area contributed by atoms with E-state index in [1.807, 2.05) is 13.2 Å². The Kier molecular flexibility index (Phi) is 4.62. The highest BCUT2D eigenvalue weighted by Gasteiger charge is 2.20. The third-order valence-electron chi connectivity index (χ3n) is 2.79. The van der Waals surface area contributed by atoms with E-state index in [1.54, 1.807) is 24.8 Å². The lowest BCUT2D eigenvalue weighted by molar-refractivity contribution is 0.0697. The van der Waals surface area contributed by atoms with Gasteiger partial charge in [-0.15, -0.1) is 0 Å². The molecular formula is C13H20N2O2S. The van der Waals surface area contributed by atoms with E-state index < -0.39 is 5.97 Å². The zero-order valence-electron chi connectivity index (χ0n) is 11.5. The van der Waals surface area contributed by atoms with Crippen LogP contribution in [0, 0.1) is 13.8 Å². The number of aromatic carboxylic acids is 1. The van der Waals surface area contributed by atoms with Crippen molar-refractivity contribution in [2.45, 2.75) is 32.4 Å². The van der Waals surface area contributed by atoms with E-state index in [-0.39, 0.29) is 10.3 Å². The monoisotopic (exact) mass is 268 g/mol. The third-order valence-corrected chi connectivity index (χ3v) is 4.04. The number of carbonyl (C=O) groups is 1. The van der Waals surface area contributed by atoms with Crippen molar-refractivity contribution in [3.05, 3.63) is 22.9 Å². The van der Waals surface area contributed by atoms with Crippen LogP contribution in [-0.4, -0.2) is 33.6 Å². The molecule has 18 heavy (non-hydrogen) atoms. The van der Waals surface area contributed by atoms with Crippen molar-refractivity contribution in [2.75, 3.05) is 18.1 Å². The standard InChI is InChI=1S/C13H20N2O2S/c1-8-6-9(2)15-11(10(8)12(16)17)14-7-13(3,4)18-5/h6H,7H2,1-5H3,(H,14,15)(H,16,17). The first-order valence-corrected chi connectivity index (χ1v) is 7.00. The van der Waals surface area contributed by atoms with Crippen molar-refractivity contribution in [3.8, 4) is 0 Å². The topological polar surface area (TPSA) is 62.2 Å². The molecule has 0 unspecified atom stereocenters. The number of rotatable bonds is 5. The Labute approximate surface area is 112 Å². The van der Waals surface area contributed by atoms with Gasteiger partial charge in [-0.3, -0.25) is 0 Å². The van der Waals surface area contributed by atoms with E-state index in [4.69, 9.17) is 0 Å². The molecule has 1 aromatic rings. The Morgan fingerprint density at radius 3 is 2.61 bits per heavy atom. The minimum absolute atomic E-state index is 0.0368. The van der Waals surface area contributed by atoms with Gasteiger partial charge in [0.15, 0.2) is 0 Å². The summed E-state index contributed by atoms with van der Waals surface area (Å²) in [6, 6.07) is 1.79. The van der Waals surface area contributed by atoms with Gasteiger partial charge in [0.05, 0.1) is 0 Å². The summed E-state index contributed by atoms with van der Waals surface area (Å²) in [6.07, 6.45) is 2.04. The number of carboxylic acids is 1. The van der Waals surface area contributed by atoms with Gasteiger partial charge in [0, 0.05) is 17.0 Å². The molecule has 0 saturated carbocycles. The van der Waals surface area contributed by atoms with Gasteiger partial charge < -0.3 is 10.4 Å². The highest BCUT2D eigenvalue weighted by atomic mass is 32.2. The number of aryl methyl sites for hydroxylation is 2. The van der Waals surface area contributed by atoms with E-state index in [9.17, 15) is 9.90 Å². The number of hydrogen-bond acceptors (Lipinski definition) is 4. The number of anilines is 1. The fourth-order valence-electron chi connectivity index (χ4n) is 1.60. The summed E-state index contributed by atoms with van der Waals surface area (Å²) < 4.78 is 0.0368. The molecule has 0 aliphatic carbocycles. The molecule has 1 rings (SSSR count). The second kappa shape index (κ2) is 5.61. The Balaban J connectivity index is 3.04. The number of pyridine rings is 1. The van der Waals surface area contributed by atoms with Crippen LogP contribution in [0.15, 0.2) is 6.07 Å². The van der Waals surface area contributed by atoms with Crippen molar-refractivity contribution >= 4 is 23.5 Å². The zero-order chi connectivity index (χ0) is 13.9. The number of hydrogen-bond donors (Lipinski definition) is 2. The van der Waals surface area contributed by atoms with Crippen LogP contribution in [0.2, 0.25) is 0 Å². The smallest absolute Gasteiger partial charge is 0.339 e. The maximum Gasteiger partial charge on any atom is 0.339 e. The first-order valence-electron chi connectivity index (χ1n) is 5.77. The molecule has 100 valence electrons. The van der Waals surface area contributed by atoms with Crippen molar-refractivity contribution in [3.63, 3.8) is 0 Å². The van der Waals surface area contributed by atoms with Gasteiger partial charge in [0.2, 0.25) is 0 Å². The molecule has 0 bridgehead atoms. The Morgan fingerprint density at radius 1 is 1.50 bits per heavy atom. The molecule has 0 aliphatic rings. The summed E-state index contributed by atoms with van der Waals surface area (Å²) in [5, 5.41) is 12.4. The van der Waals surface area contributed by atoms with Gasteiger partial charge in [-0.2, -0.15) is 11.8 Å². The Hall–Kier alpha value is -1.23. The molecule has 0 radical (unpaired) electrons. The maximum atomic E-state index is 11.3. The molecule has 0 atom stereocenters. The largest absolute Gasteiger partial charge is 0.478 e. The summed E-state index contributed by atoms with van der Waals surface area (Å²) >= 11 is 1.73. The Morgan fingerprint density at radius 2 is 2.11 bits per heavy atom. The normalized spacial score (nSPS) is 11.4. The summed E-state index contributed by atoms with van der Waals surface area (Å²) in [7, 11) is 0. The molecule has 0 spiro atoms. The molecule has 4 nitrogen and oxygen atoms in total. The summed E-state index contributed by atoms with van der Waals surface area (Å²) in [5.41, 5.74) is 1.82. The van der Waals surface area contributed by atoms with Crippen LogP contribution in [0.3, 0.4) is 0 Å².